The molecule has 0 aliphatic carbocycles. The van der Waals surface area contributed by atoms with Crippen LogP contribution in [0.1, 0.15) is 13.8 Å². The first-order valence-electron chi connectivity index (χ1n) is 1.95. The van der Waals surface area contributed by atoms with Gasteiger partial charge in [0.2, 0.25) is 0 Å². The van der Waals surface area contributed by atoms with Gasteiger partial charge in [0.25, 0.3) is 0 Å². The maximum atomic E-state index is 2.86. The molecule has 0 heterocycles. The Morgan fingerprint density at radius 1 is 1.67 bits per heavy atom. The molecule has 0 unspecified atom stereocenters. The van der Waals surface area contributed by atoms with E-state index in [0.29, 0.717) is 0 Å². The van der Waals surface area contributed by atoms with Crippen LogP contribution in [0, 0.1) is 11.2 Å². The second-order valence-electron chi connectivity index (χ2n) is 0.785. The zero-order valence-corrected chi connectivity index (χ0v) is 4.93. The molecule has 34 valence electrons. The second-order valence-corrected chi connectivity index (χ2v) is 1.86. The number of rotatable bonds is 1. The summed E-state index contributed by atoms with van der Waals surface area (Å²) in [6.45, 7) is 3.94. The highest BCUT2D eigenvalue weighted by atomic mass is 32.2. The third kappa shape index (κ3) is 3.91. The van der Waals surface area contributed by atoms with E-state index in [1.54, 1.807) is 11.8 Å². The summed E-state index contributed by atoms with van der Waals surface area (Å²) in [7, 11) is 0. The van der Waals surface area contributed by atoms with Gasteiger partial charge in [-0.15, -0.1) is 0 Å². The molecule has 0 spiro atoms. The van der Waals surface area contributed by atoms with Crippen molar-refractivity contribution in [1.82, 2.24) is 0 Å². The molecule has 0 saturated heterocycles. The molecule has 0 amide bonds. The fourth-order valence-corrected chi connectivity index (χ4v) is 0.433. The fraction of sp³-hybridized carbons (Fsp3) is 0.600. The molecule has 0 aromatic heterocycles. The van der Waals surface area contributed by atoms with Crippen LogP contribution in [0.25, 0.3) is 0 Å². The Bertz CT molecular complexity index is 65.7. The molecule has 6 heavy (non-hydrogen) atoms. The number of hydrogen-bond acceptors (Lipinski definition) is 1. The summed E-state index contributed by atoms with van der Waals surface area (Å²) in [5, 5.41) is 2.86. The summed E-state index contributed by atoms with van der Waals surface area (Å²) < 4.78 is 0. The van der Waals surface area contributed by atoms with Gasteiger partial charge in [0.15, 0.2) is 0 Å². The molecule has 0 rings (SSSR count). The summed E-state index contributed by atoms with van der Waals surface area (Å²) in [5.41, 5.74) is 0. The molecule has 0 nitrogen and oxygen atoms in total. The van der Waals surface area contributed by atoms with E-state index in [2.05, 4.69) is 18.1 Å². The van der Waals surface area contributed by atoms with Crippen LogP contribution < -0.4 is 0 Å². The Balaban J connectivity index is 2.79. The molecule has 0 fully saturated rings. The smallest absolute Gasteiger partial charge is 0.00282 e. The first-order valence-corrected chi connectivity index (χ1v) is 2.94. The van der Waals surface area contributed by atoms with Crippen LogP contribution in [0.3, 0.4) is 0 Å². The van der Waals surface area contributed by atoms with Crippen molar-refractivity contribution in [2.45, 2.75) is 13.8 Å². The summed E-state index contributed by atoms with van der Waals surface area (Å²) in [5.74, 6) is 3.88. The van der Waals surface area contributed by atoms with Crippen LogP contribution in [0.15, 0.2) is 0 Å². The van der Waals surface area contributed by atoms with Gasteiger partial charge in [-0.1, -0.05) is 24.6 Å². The third-order valence-electron chi connectivity index (χ3n) is 0.319. The minimum Gasteiger partial charge on any atom is -0.0947 e. The van der Waals surface area contributed by atoms with E-state index < -0.39 is 0 Å². The summed E-state index contributed by atoms with van der Waals surface area (Å²) in [4.78, 5) is 0. The molecule has 0 N–H and O–H groups in total. The average molecular weight is 100 g/mol. The zero-order chi connectivity index (χ0) is 4.83. The van der Waals surface area contributed by atoms with Crippen molar-refractivity contribution in [2.75, 3.05) is 5.75 Å². The largest absolute Gasteiger partial charge is 0.0947 e. The van der Waals surface area contributed by atoms with E-state index in [9.17, 15) is 0 Å². The lowest BCUT2D eigenvalue weighted by Gasteiger charge is -1.71. The van der Waals surface area contributed by atoms with Crippen LogP contribution >= 0.6 is 11.8 Å². The van der Waals surface area contributed by atoms with Gasteiger partial charge < -0.3 is 0 Å². The highest BCUT2D eigenvalue weighted by molar-refractivity contribution is 8.03. The molecule has 0 saturated carbocycles. The van der Waals surface area contributed by atoms with Gasteiger partial charge in [0.05, 0.1) is 0 Å². The first kappa shape index (κ1) is 5.91. The molecule has 0 aromatic carbocycles. The van der Waals surface area contributed by atoms with Crippen molar-refractivity contribution < 1.29 is 0 Å². The zero-order valence-electron chi connectivity index (χ0n) is 4.12. The summed E-state index contributed by atoms with van der Waals surface area (Å²) >= 11 is 1.65. The maximum Gasteiger partial charge on any atom is 0.00282 e. The molecule has 0 aromatic rings. The molecule has 0 aliphatic rings. The van der Waals surface area contributed by atoms with Crippen molar-refractivity contribution in [2.24, 2.45) is 0 Å². The Morgan fingerprint density at radius 2 is 2.33 bits per heavy atom. The molecule has 0 radical (unpaired) electrons. The van der Waals surface area contributed by atoms with E-state index in [-0.39, 0.29) is 0 Å². The van der Waals surface area contributed by atoms with Crippen molar-refractivity contribution in [3.63, 3.8) is 0 Å². The molecule has 0 aliphatic heterocycles. The van der Waals surface area contributed by atoms with Crippen LogP contribution in [0.2, 0.25) is 0 Å². The van der Waals surface area contributed by atoms with Gasteiger partial charge in [-0.3, -0.25) is 0 Å². The van der Waals surface area contributed by atoms with Crippen molar-refractivity contribution in [3.8, 4) is 11.2 Å². The van der Waals surface area contributed by atoms with E-state index in [4.69, 9.17) is 0 Å². The predicted octanol–water partition coefficient (Wildman–Crippen LogP) is 1.72. The van der Waals surface area contributed by atoms with E-state index >= 15 is 0 Å². The fourth-order valence-electron chi connectivity index (χ4n) is 0.144. The molecular weight excluding hydrogens is 92.1 g/mol. The Morgan fingerprint density at radius 3 is 2.50 bits per heavy atom. The highest BCUT2D eigenvalue weighted by Crippen LogP contribution is 1.91. The van der Waals surface area contributed by atoms with Crippen LogP contribution in [0.5, 0.6) is 0 Å². The molecule has 0 atom stereocenters. The van der Waals surface area contributed by atoms with Gasteiger partial charge >= 0.3 is 0 Å². The Hall–Kier alpha value is -0.0900. The Labute approximate surface area is 43.3 Å². The normalized spacial score (nSPS) is 6.33. The quantitative estimate of drug-likeness (QED) is 0.452. The first-order chi connectivity index (χ1) is 2.91. The predicted molar refractivity (Wildman–Crippen MR) is 31.6 cm³/mol. The van der Waals surface area contributed by atoms with Gasteiger partial charge in [0, 0.05) is 5.75 Å². The molecular formula is C5H8S. The van der Waals surface area contributed by atoms with Gasteiger partial charge in [-0.25, -0.2) is 0 Å². The maximum absolute atomic E-state index is 2.86. The van der Waals surface area contributed by atoms with E-state index in [0.717, 1.165) is 5.75 Å². The third-order valence-corrected chi connectivity index (χ3v) is 0.956. The molecule has 0 bridgehead atoms. The topological polar surface area (TPSA) is 0 Å². The van der Waals surface area contributed by atoms with Gasteiger partial charge in [-0.2, -0.15) is 0 Å². The average Bonchev–Trinajstić information content (AvgIpc) is 1.61. The lowest BCUT2D eigenvalue weighted by molar-refractivity contribution is 1.54. The molecule has 1 heteroatoms. The Kier molecular flexibility index (Phi) is 4.84. The van der Waals surface area contributed by atoms with Crippen molar-refractivity contribution in [1.29, 1.82) is 0 Å². The van der Waals surface area contributed by atoms with Crippen molar-refractivity contribution in [3.05, 3.63) is 0 Å². The number of thioether (sulfide) groups is 1. The van der Waals surface area contributed by atoms with E-state index in [1.165, 1.54) is 0 Å². The highest BCUT2D eigenvalue weighted by Gasteiger charge is 1.63. The summed E-state index contributed by atoms with van der Waals surface area (Å²) in [6.07, 6.45) is 0. The van der Waals surface area contributed by atoms with Crippen LogP contribution in [-0.2, 0) is 0 Å². The van der Waals surface area contributed by atoms with Crippen molar-refractivity contribution >= 4 is 11.8 Å². The van der Waals surface area contributed by atoms with Gasteiger partial charge in [-0.05, 0) is 12.2 Å². The van der Waals surface area contributed by atoms with Crippen LogP contribution in [0.4, 0.5) is 0 Å². The number of hydrogen-bond donors (Lipinski definition) is 0. The van der Waals surface area contributed by atoms with Gasteiger partial charge in [0.1, 0.15) is 0 Å². The van der Waals surface area contributed by atoms with E-state index in [1.807, 2.05) is 6.92 Å². The lowest BCUT2D eigenvalue weighted by Crippen LogP contribution is -1.54. The monoisotopic (exact) mass is 100 g/mol. The van der Waals surface area contributed by atoms with Crippen LogP contribution in [-0.4, -0.2) is 5.75 Å². The minimum absolute atomic E-state index is 1.10. The minimum atomic E-state index is 1.10. The summed E-state index contributed by atoms with van der Waals surface area (Å²) in [6, 6.07) is 0. The lowest BCUT2D eigenvalue weighted by atomic mass is 10.8. The SMILES string of the molecule is CC#CSCC. The second kappa shape index (κ2) is 4.91. The standard InChI is InChI=1S/C5H8S/c1-3-5-6-4-2/h4H2,1-2H3.